The maximum absolute atomic E-state index is 13.3. The summed E-state index contributed by atoms with van der Waals surface area (Å²) in [5, 5.41) is 3.14. The highest BCUT2D eigenvalue weighted by molar-refractivity contribution is 7.89. The summed E-state index contributed by atoms with van der Waals surface area (Å²) in [6.07, 6.45) is 3.28. The lowest BCUT2D eigenvalue weighted by atomic mass is 9.78. The Balaban J connectivity index is 1.43. The Labute approximate surface area is 191 Å². The zero-order valence-corrected chi connectivity index (χ0v) is 19.7. The van der Waals surface area contributed by atoms with Gasteiger partial charge in [-0.3, -0.25) is 4.79 Å². The molecule has 0 spiro atoms. The van der Waals surface area contributed by atoms with Crippen LogP contribution in [0.5, 0.6) is 0 Å². The molecule has 0 aromatic heterocycles. The van der Waals surface area contributed by atoms with E-state index in [4.69, 9.17) is 0 Å². The van der Waals surface area contributed by atoms with Crippen LogP contribution in [0.25, 0.3) is 0 Å². The summed E-state index contributed by atoms with van der Waals surface area (Å²) in [4.78, 5) is 15.3. The van der Waals surface area contributed by atoms with E-state index in [1.807, 2.05) is 30.3 Å². The van der Waals surface area contributed by atoms with Crippen LogP contribution in [0.3, 0.4) is 0 Å². The summed E-state index contributed by atoms with van der Waals surface area (Å²) in [7, 11) is -3.65. The number of sulfonamides is 1. The van der Waals surface area contributed by atoms with Crippen LogP contribution in [0.1, 0.15) is 43.5 Å². The lowest BCUT2D eigenvalue weighted by Gasteiger charge is -2.35. The lowest BCUT2D eigenvalue weighted by Crippen LogP contribution is -2.48. The molecule has 2 aromatic carbocycles. The molecule has 172 valence electrons. The quantitative estimate of drug-likeness (QED) is 0.746. The van der Waals surface area contributed by atoms with Crippen LogP contribution in [0.2, 0.25) is 0 Å². The lowest BCUT2D eigenvalue weighted by molar-refractivity contribution is 0.0891. The van der Waals surface area contributed by atoms with Crippen molar-refractivity contribution in [3.8, 4) is 0 Å². The van der Waals surface area contributed by atoms with Crippen LogP contribution in [0.15, 0.2) is 59.5 Å². The van der Waals surface area contributed by atoms with Gasteiger partial charge >= 0.3 is 0 Å². The number of para-hydroxylation sites is 1. The molecule has 2 aliphatic rings. The van der Waals surface area contributed by atoms with Gasteiger partial charge in [0.25, 0.3) is 5.91 Å². The highest BCUT2D eigenvalue weighted by atomic mass is 32.2. The molecule has 2 fully saturated rings. The van der Waals surface area contributed by atoms with Crippen molar-refractivity contribution in [2.75, 3.05) is 31.1 Å². The number of benzene rings is 2. The van der Waals surface area contributed by atoms with Crippen molar-refractivity contribution in [2.45, 2.75) is 44.0 Å². The molecule has 3 atom stereocenters. The smallest absolute Gasteiger partial charge is 0.251 e. The third-order valence-corrected chi connectivity index (χ3v) is 9.01. The standard InChI is InChI=1S/C25H33N3O3S/c1-19-8-6-13-24(20(19)2)26-25(29)21-9-7-12-23(18-21)32(30,31)28-16-14-27(15-17-28)22-10-4-3-5-11-22/h3-5,7,9-12,18-20,24H,6,8,13-17H2,1-2H3,(H,26,29)/t19-,20+,24+/m0/s1. The number of piperazine rings is 1. The van der Waals surface area contributed by atoms with Crippen LogP contribution in [-0.2, 0) is 10.0 Å². The third-order valence-electron chi connectivity index (χ3n) is 7.12. The SMILES string of the molecule is C[C@@H]1[C@@H](C)CCC[C@H]1NC(=O)c1cccc(S(=O)(=O)N2CCN(c3ccccc3)CC2)c1. The van der Waals surface area contributed by atoms with Gasteiger partial charge in [-0.25, -0.2) is 8.42 Å². The third kappa shape index (κ3) is 4.84. The van der Waals surface area contributed by atoms with Gasteiger partial charge in [0.05, 0.1) is 4.90 Å². The Morgan fingerprint density at radius 1 is 0.938 bits per heavy atom. The molecule has 2 aromatic rings. The number of nitrogens with zero attached hydrogens (tertiary/aromatic N) is 2. The van der Waals surface area contributed by atoms with Crippen molar-refractivity contribution < 1.29 is 13.2 Å². The fourth-order valence-electron chi connectivity index (χ4n) is 4.81. The largest absolute Gasteiger partial charge is 0.369 e. The molecule has 1 saturated heterocycles. The van der Waals surface area contributed by atoms with Crippen molar-refractivity contribution in [3.05, 3.63) is 60.2 Å². The predicted molar refractivity (Wildman–Crippen MR) is 127 cm³/mol. The number of anilines is 1. The van der Waals surface area contributed by atoms with Crippen molar-refractivity contribution in [2.24, 2.45) is 11.8 Å². The van der Waals surface area contributed by atoms with Crippen molar-refractivity contribution in [3.63, 3.8) is 0 Å². The maximum Gasteiger partial charge on any atom is 0.251 e. The fraction of sp³-hybridized carbons (Fsp3) is 0.480. The summed E-state index contributed by atoms with van der Waals surface area (Å²) < 4.78 is 28.1. The van der Waals surface area contributed by atoms with Gasteiger partial charge in [-0.1, -0.05) is 51.0 Å². The van der Waals surface area contributed by atoms with Crippen molar-refractivity contribution >= 4 is 21.6 Å². The molecule has 1 heterocycles. The molecule has 1 N–H and O–H groups in total. The molecular weight excluding hydrogens is 422 g/mol. The fourth-order valence-corrected chi connectivity index (χ4v) is 6.28. The summed E-state index contributed by atoms with van der Waals surface area (Å²) in [5.74, 6) is 0.803. The first kappa shape index (κ1) is 22.8. The monoisotopic (exact) mass is 455 g/mol. The van der Waals surface area contributed by atoms with E-state index >= 15 is 0 Å². The number of hydrogen-bond donors (Lipinski definition) is 1. The summed E-state index contributed by atoms with van der Waals surface area (Å²) >= 11 is 0. The summed E-state index contributed by atoms with van der Waals surface area (Å²) in [5.41, 5.74) is 1.51. The van der Waals surface area contributed by atoms with Gasteiger partial charge in [0, 0.05) is 43.5 Å². The minimum Gasteiger partial charge on any atom is -0.369 e. The molecule has 7 heteroatoms. The van der Waals surface area contributed by atoms with E-state index in [0.29, 0.717) is 43.6 Å². The molecule has 32 heavy (non-hydrogen) atoms. The first-order chi connectivity index (χ1) is 15.4. The van der Waals surface area contributed by atoms with Gasteiger partial charge in [-0.05, 0) is 48.6 Å². The van der Waals surface area contributed by atoms with Gasteiger partial charge < -0.3 is 10.2 Å². The van der Waals surface area contributed by atoms with E-state index in [9.17, 15) is 13.2 Å². The molecule has 0 bridgehead atoms. The number of amides is 1. The molecule has 1 saturated carbocycles. The Morgan fingerprint density at radius 3 is 2.38 bits per heavy atom. The number of rotatable bonds is 5. The Kier molecular flexibility index (Phi) is 6.86. The van der Waals surface area contributed by atoms with E-state index in [-0.39, 0.29) is 16.8 Å². The average Bonchev–Trinajstić information content (AvgIpc) is 2.83. The van der Waals surface area contributed by atoms with Crippen LogP contribution in [0.4, 0.5) is 5.69 Å². The van der Waals surface area contributed by atoms with E-state index in [2.05, 4.69) is 24.1 Å². The van der Waals surface area contributed by atoms with Crippen LogP contribution in [-0.4, -0.2) is 50.9 Å². The zero-order chi connectivity index (χ0) is 22.7. The molecule has 4 rings (SSSR count). The van der Waals surface area contributed by atoms with Crippen LogP contribution >= 0.6 is 0 Å². The van der Waals surface area contributed by atoms with Gasteiger partial charge in [0.1, 0.15) is 0 Å². The Bertz CT molecular complexity index is 1030. The Hall–Kier alpha value is -2.38. The predicted octanol–water partition coefficient (Wildman–Crippen LogP) is 3.75. The second-order valence-electron chi connectivity index (χ2n) is 9.10. The Morgan fingerprint density at radius 2 is 1.66 bits per heavy atom. The van der Waals surface area contributed by atoms with Crippen molar-refractivity contribution in [1.82, 2.24) is 9.62 Å². The van der Waals surface area contributed by atoms with Crippen LogP contribution in [0, 0.1) is 11.8 Å². The number of hydrogen-bond acceptors (Lipinski definition) is 4. The summed E-state index contributed by atoms with van der Waals surface area (Å²) in [6, 6.07) is 16.6. The average molecular weight is 456 g/mol. The van der Waals surface area contributed by atoms with Gasteiger partial charge in [0.2, 0.25) is 10.0 Å². The maximum atomic E-state index is 13.3. The van der Waals surface area contributed by atoms with Crippen LogP contribution < -0.4 is 10.2 Å². The minimum atomic E-state index is -3.65. The van der Waals surface area contributed by atoms with E-state index in [0.717, 1.165) is 18.5 Å². The first-order valence-corrected chi connectivity index (χ1v) is 13.0. The summed E-state index contributed by atoms with van der Waals surface area (Å²) in [6.45, 7) is 6.54. The zero-order valence-electron chi connectivity index (χ0n) is 18.9. The van der Waals surface area contributed by atoms with Crippen molar-refractivity contribution in [1.29, 1.82) is 0 Å². The molecular formula is C25H33N3O3S. The molecule has 1 aliphatic carbocycles. The van der Waals surface area contributed by atoms with Gasteiger partial charge in [-0.15, -0.1) is 0 Å². The van der Waals surface area contributed by atoms with E-state index in [1.54, 1.807) is 18.2 Å². The normalized spacial score (nSPS) is 24.8. The number of carbonyl (C=O) groups excluding carboxylic acids is 1. The second-order valence-corrected chi connectivity index (χ2v) is 11.0. The topological polar surface area (TPSA) is 69.7 Å². The second kappa shape index (κ2) is 9.63. The molecule has 1 amide bonds. The first-order valence-electron chi connectivity index (χ1n) is 11.6. The molecule has 1 aliphatic heterocycles. The van der Waals surface area contributed by atoms with E-state index < -0.39 is 10.0 Å². The van der Waals surface area contributed by atoms with E-state index in [1.165, 1.54) is 16.8 Å². The molecule has 0 unspecified atom stereocenters. The minimum absolute atomic E-state index is 0.137. The molecule has 6 nitrogen and oxygen atoms in total. The highest BCUT2D eigenvalue weighted by Crippen LogP contribution is 2.30. The highest BCUT2D eigenvalue weighted by Gasteiger charge is 2.31. The number of nitrogens with one attached hydrogen (secondary N) is 1. The number of carbonyl (C=O) groups is 1. The molecule has 0 radical (unpaired) electrons. The van der Waals surface area contributed by atoms with Gasteiger partial charge in [0.15, 0.2) is 0 Å². The van der Waals surface area contributed by atoms with Gasteiger partial charge in [-0.2, -0.15) is 4.31 Å².